The van der Waals surface area contributed by atoms with Crippen LogP contribution in [0.15, 0.2) is 42.5 Å². The first kappa shape index (κ1) is 21.0. The van der Waals surface area contributed by atoms with Crippen molar-refractivity contribution >= 4 is 17.7 Å². The lowest BCUT2D eigenvalue weighted by molar-refractivity contribution is -0.143. The number of amides is 1. The molecule has 0 radical (unpaired) electrons. The van der Waals surface area contributed by atoms with Crippen LogP contribution in [0, 0.1) is 0 Å². The number of nitrogens with one attached hydrogen (secondary N) is 1. The van der Waals surface area contributed by atoms with Gasteiger partial charge < -0.3 is 19.5 Å². The highest BCUT2D eigenvalue weighted by atomic mass is 16.5. The summed E-state index contributed by atoms with van der Waals surface area (Å²) in [6.07, 6.45) is 0. The number of benzene rings is 2. The van der Waals surface area contributed by atoms with Gasteiger partial charge >= 0.3 is 5.97 Å². The van der Waals surface area contributed by atoms with Crippen LogP contribution >= 0.6 is 0 Å². The Morgan fingerprint density at radius 3 is 2.29 bits per heavy atom. The van der Waals surface area contributed by atoms with Gasteiger partial charge in [0, 0.05) is 16.7 Å². The van der Waals surface area contributed by atoms with Crippen LogP contribution in [-0.4, -0.2) is 37.9 Å². The van der Waals surface area contributed by atoms with Gasteiger partial charge in [0.15, 0.2) is 5.78 Å². The second-order valence-electron chi connectivity index (χ2n) is 5.88. The molecule has 0 heterocycles. The molecule has 0 saturated heterocycles. The monoisotopic (exact) mass is 385 g/mol. The predicted octanol–water partition coefficient (Wildman–Crippen LogP) is 2.77. The molecule has 0 aliphatic rings. The topological polar surface area (TPSA) is 90.9 Å². The van der Waals surface area contributed by atoms with Gasteiger partial charge in [0.05, 0.1) is 13.7 Å². The van der Waals surface area contributed by atoms with E-state index in [-0.39, 0.29) is 18.9 Å². The smallest absolute Gasteiger partial charge is 0.325 e. The summed E-state index contributed by atoms with van der Waals surface area (Å²) in [5.74, 6) is 0.0875. The number of hydrogen-bond donors (Lipinski definition) is 1. The molecule has 28 heavy (non-hydrogen) atoms. The number of carbonyl (C=O) groups excluding carboxylic acids is 3. The van der Waals surface area contributed by atoms with Gasteiger partial charge in [0.2, 0.25) is 0 Å². The highest BCUT2D eigenvalue weighted by Gasteiger charge is 2.12. The average Bonchev–Trinajstić information content (AvgIpc) is 2.71. The standard InChI is InChI=1S/C21H23NO6/c1-4-27-19-10-7-16(14(2)23)11-17(19)13-28-20(24)12-22-21(25)15-5-8-18(26-3)9-6-15/h5-11H,4,12-13H2,1-3H3,(H,22,25). The number of esters is 1. The molecule has 0 bridgehead atoms. The normalized spacial score (nSPS) is 10.1. The third-order valence-electron chi connectivity index (χ3n) is 3.90. The fourth-order valence-electron chi connectivity index (χ4n) is 2.41. The fraction of sp³-hybridized carbons (Fsp3) is 0.286. The van der Waals surface area contributed by atoms with E-state index in [1.165, 1.54) is 14.0 Å². The van der Waals surface area contributed by atoms with E-state index < -0.39 is 11.9 Å². The lowest BCUT2D eigenvalue weighted by atomic mass is 10.1. The number of ketones is 1. The van der Waals surface area contributed by atoms with Gasteiger partial charge in [-0.2, -0.15) is 0 Å². The molecule has 0 spiro atoms. The first-order chi connectivity index (χ1) is 13.4. The van der Waals surface area contributed by atoms with Crippen LogP contribution < -0.4 is 14.8 Å². The zero-order valence-corrected chi connectivity index (χ0v) is 16.1. The molecule has 148 valence electrons. The van der Waals surface area contributed by atoms with Gasteiger partial charge in [-0.1, -0.05) is 0 Å². The molecule has 7 heteroatoms. The molecular formula is C21H23NO6. The van der Waals surface area contributed by atoms with Crippen LogP contribution in [0.4, 0.5) is 0 Å². The molecule has 0 unspecified atom stereocenters. The maximum Gasteiger partial charge on any atom is 0.325 e. The summed E-state index contributed by atoms with van der Waals surface area (Å²) in [5.41, 5.74) is 1.49. The van der Waals surface area contributed by atoms with E-state index in [1.54, 1.807) is 42.5 Å². The molecule has 2 rings (SSSR count). The molecule has 0 aliphatic carbocycles. The van der Waals surface area contributed by atoms with Crippen molar-refractivity contribution in [3.63, 3.8) is 0 Å². The maximum absolute atomic E-state index is 12.1. The Balaban J connectivity index is 1.91. The quantitative estimate of drug-likeness (QED) is 0.527. The van der Waals surface area contributed by atoms with Gasteiger partial charge in [-0.3, -0.25) is 14.4 Å². The summed E-state index contributed by atoms with van der Waals surface area (Å²) in [6, 6.07) is 11.5. The maximum atomic E-state index is 12.1. The zero-order chi connectivity index (χ0) is 20.5. The van der Waals surface area contributed by atoms with E-state index >= 15 is 0 Å². The van der Waals surface area contributed by atoms with Crippen LogP contribution in [0.25, 0.3) is 0 Å². The summed E-state index contributed by atoms with van der Waals surface area (Å²) >= 11 is 0. The lowest BCUT2D eigenvalue weighted by Gasteiger charge is -2.12. The number of carbonyl (C=O) groups is 3. The highest BCUT2D eigenvalue weighted by molar-refractivity contribution is 5.96. The van der Waals surface area contributed by atoms with Crippen LogP contribution in [-0.2, 0) is 16.1 Å². The minimum atomic E-state index is -0.600. The van der Waals surface area contributed by atoms with Gasteiger partial charge in [-0.25, -0.2) is 0 Å². The molecule has 0 atom stereocenters. The molecule has 0 aliphatic heterocycles. The first-order valence-corrected chi connectivity index (χ1v) is 8.79. The van der Waals surface area contributed by atoms with Crippen molar-refractivity contribution in [2.24, 2.45) is 0 Å². The molecule has 0 fully saturated rings. The first-order valence-electron chi connectivity index (χ1n) is 8.79. The van der Waals surface area contributed by atoms with Crippen molar-refractivity contribution in [2.75, 3.05) is 20.3 Å². The van der Waals surface area contributed by atoms with Crippen LogP contribution in [0.3, 0.4) is 0 Å². The number of ether oxygens (including phenoxy) is 3. The molecule has 1 N–H and O–H groups in total. The second-order valence-corrected chi connectivity index (χ2v) is 5.88. The molecule has 0 saturated carbocycles. The molecule has 2 aromatic carbocycles. The minimum Gasteiger partial charge on any atom is -0.497 e. The molecule has 0 aromatic heterocycles. The second kappa shape index (κ2) is 10.1. The summed E-state index contributed by atoms with van der Waals surface area (Å²) in [6.45, 7) is 3.40. The Kier molecular flexibility index (Phi) is 7.56. The van der Waals surface area contributed by atoms with E-state index in [0.717, 1.165) is 0 Å². The van der Waals surface area contributed by atoms with Crippen molar-refractivity contribution in [1.29, 1.82) is 0 Å². The summed E-state index contributed by atoms with van der Waals surface area (Å²) in [5, 5.41) is 2.50. The largest absolute Gasteiger partial charge is 0.497 e. The van der Waals surface area contributed by atoms with Crippen molar-refractivity contribution in [3.8, 4) is 11.5 Å². The lowest BCUT2D eigenvalue weighted by Crippen LogP contribution is -2.30. The van der Waals surface area contributed by atoms with Crippen molar-refractivity contribution in [2.45, 2.75) is 20.5 Å². The Morgan fingerprint density at radius 1 is 1.00 bits per heavy atom. The van der Waals surface area contributed by atoms with Gasteiger partial charge in [-0.05, 0) is 56.3 Å². The SMILES string of the molecule is CCOc1ccc(C(C)=O)cc1COC(=O)CNC(=O)c1ccc(OC)cc1. The van der Waals surface area contributed by atoms with E-state index in [2.05, 4.69) is 5.32 Å². The third-order valence-corrected chi connectivity index (χ3v) is 3.90. The minimum absolute atomic E-state index is 0.0618. The Morgan fingerprint density at radius 2 is 1.68 bits per heavy atom. The predicted molar refractivity (Wildman–Crippen MR) is 103 cm³/mol. The summed E-state index contributed by atoms with van der Waals surface area (Å²) in [7, 11) is 1.54. The van der Waals surface area contributed by atoms with Crippen LogP contribution in [0.2, 0.25) is 0 Å². The van der Waals surface area contributed by atoms with Crippen molar-refractivity contribution < 1.29 is 28.6 Å². The fourth-order valence-corrected chi connectivity index (χ4v) is 2.41. The van der Waals surface area contributed by atoms with Crippen molar-refractivity contribution in [3.05, 3.63) is 59.2 Å². The highest BCUT2D eigenvalue weighted by Crippen LogP contribution is 2.21. The number of rotatable bonds is 9. The van der Waals surface area contributed by atoms with Gasteiger partial charge in [0.25, 0.3) is 5.91 Å². The Bertz CT molecular complexity index is 844. The van der Waals surface area contributed by atoms with Crippen LogP contribution in [0.1, 0.15) is 40.1 Å². The van der Waals surface area contributed by atoms with Gasteiger partial charge in [0.1, 0.15) is 24.7 Å². The molecule has 7 nitrogen and oxygen atoms in total. The molecular weight excluding hydrogens is 362 g/mol. The Labute approximate surface area is 163 Å². The van der Waals surface area contributed by atoms with E-state index in [0.29, 0.717) is 34.8 Å². The van der Waals surface area contributed by atoms with E-state index in [4.69, 9.17) is 14.2 Å². The third kappa shape index (κ3) is 5.84. The summed E-state index contributed by atoms with van der Waals surface area (Å²) in [4.78, 5) is 35.6. The Hall–Kier alpha value is -3.35. The zero-order valence-electron chi connectivity index (χ0n) is 16.1. The van der Waals surface area contributed by atoms with Crippen molar-refractivity contribution in [1.82, 2.24) is 5.32 Å². The average molecular weight is 385 g/mol. The summed E-state index contributed by atoms with van der Waals surface area (Å²) < 4.78 is 15.7. The molecule has 2 aromatic rings. The van der Waals surface area contributed by atoms with Gasteiger partial charge in [-0.15, -0.1) is 0 Å². The van der Waals surface area contributed by atoms with Crippen LogP contribution in [0.5, 0.6) is 11.5 Å². The number of hydrogen-bond acceptors (Lipinski definition) is 6. The van der Waals surface area contributed by atoms with E-state index in [1.807, 2.05) is 6.92 Å². The van der Waals surface area contributed by atoms with E-state index in [9.17, 15) is 14.4 Å². The number of methoxy groups -OCH3 is 1. The number of Topliss-reactive ketones (excluding diaryl/α,β-unsaturated/α-hetero) is 1. The molecule has 1 amide bonds.